The smallest absolute Gasteiger partial charge is 0.344 e. The fourth-order valence-electron chi connectivity index (χ4n) is 1.77. The van der Waals surface area contributed by atoms with Crippen LogP contribution in [0.15, 0.2) is 43.2 Å². The molecule has 0 spiro atoms. The molecule has 0 heterocycles. The molecule has 0 radical (unpaired) electrons. The van der Waals surface area contributed by atoms with Crippen molar-refractivity contribution >= 4 is 87.6 Å². The van der Waals surface area contributed by atoms with Crippen molar-refractivity contribution in [3.8, 4) is 0 Å². The van der Waals surface area contributed by atoms with Crippen LogP contribution in [0.1, 0.15) is 20.7 Å². The average molecular weight is 678 g/mol. The highest BCUT2D eigenvalue weighted by Crippen LogP contribution is 2.42. The maximum atomic E-state index is 12.4. The van der Waals surface area contributed by atoms with Gasteiger partial charge >= 0.3 is 23.9 Å². The van der Waals surface area contributed by atoms with Crippen LogP contribution < -0.4 is 0 Å². The monoisotopic (exact) mass is 674 g/mol. The Bertz CT molecular complexity index is 781. The molecular weight excluding hydrogens is 664 g/mol. The van der Waals surface area contributed by atoms with Crippen molar-refractivity contribution in [1.82, 2.24) is 0 Å². The number of ether oxygens (including phenoxy) is 4. The molecule has 1 aromatic rings. The van der Waals surface area contributed by atoms with Crippen LogP contribution in [0.4, 0.5) is 0 Å². The van der Waals surface area contributed by atoms with Crippen LogP contribution in [0.25, 0.3) is 0 Å². The van der Waals surface area contributed by atoms with Gasteiger partial charge in [-0.1, -0.05) is 25.3 Å². The molecule has 8 nitrogen and oxygen atoms in total. The van der Waals surface area contributed by atoms with E-state index in [-0.39, 0.29) is 42.2 Å². The van der Waals surface area contributed by atoms with Crippen LogP contribution in [0.2, 0.25) is 0 Å². The summed E-state index contributed by atoms with van der Waals surface area (Å²) < 4.78 is 20.0. The molecule has 0 unspecified atom stereocenters. The Labute approximate surface area is 205 Å². The van der Waals surface area contributed by atoms with Crippen molar-refractivity contribution in [2.75, 3.05) is 26.4 Å². The topological polar surface area (TPSA) is 105 Å². The number of hydrogen-bond donors (Lipinski definition) is 0. The lowest BCUT2D eigenvalue weighted by atomic mass is 10.1. The van der Waals surface area contributed by atoms with Gasteiger partial charge in [-0.15, -0.1) is 0 Å². The normalized spacial score (nSPS) is 10.0. The van der Waals surface area contributed by atoms with Crippen LogP contribution in [0.5, 0.6) is 0 Å². The Morgan fingerprint density at radius 2 is 0.933 bits per heavy atom. The summed E-state index contributed by atoms with van der Waals surface area (Å²) in [6.07, 6.45) is 2.75. The first kappa shape index (κ1) is 26.5. The molecule has 12 heteroatoms. The molecule has 0 atom stereocenters. The summed E-state index contributed by atoms with van der Waals surface area (Å²) in [6, 6.07) is 0. The van der Waals surface area contributed by atoms with E-state index in [1.807, 2.05) is 0 Å². The lowest BCUT2D eigenvalue weighted by Crippen LogP contribution is -2.19. The highest BCUT2D eigenvalue weighted by molar-refractivity contribution is 9.14. The number of benzene rings is 1. The molecule has 30 heavy (non-hydrogen) atoms. The summed E-state index contributed by atoms with van der Waals surface area (Å²) in [4.78, 5) is 47.8. The zero-order valence-corrected chi connectivity index (χ0v) is 21.5. The van der Waals surface area contributed by atoms with Crippen LogP contribution in [0.3, 0.4) is 0 Å². The van der Waals surface area contributed by atoms with Gasteiger partial charge in [0.25, 0.3) is 0 Å². The zero-order chi connectivity index (χ0) is 22.8. The van der Waals surface area contributed by atoms with Gasteiger partial charge in [-0.05, 0) is 63.7 Å². The predicted molar refractivity (Wildman–Crippen MR) is 120 cm³/mol. The van der Waals surface area contributed by atoms with E-state index in [1.54, 1.807) is 0 Å². The van der Waals surface area contributed by atoms with Crippen molar-refractivity contribution in [1.29, 1.82) is 0 Å². The quantitative estimate of drug-likeness (QED) is 0.154. The summed E-state index contributed by atoms with van der Waals surface area (Å²) >= 11 is 12.8. The van der Waals surface area contributed by atoms with Crippen LogP contribution in [0, 0.1) is 0 Å². The third kappa shape index (κ3) is 7.33. The second kappa shape index (κ2) is 13.0. The lowest BCUT2D eigenvalue weighted by molar-refractivity contribution is -0.146. The van der Waals surface area contributed by atoms with Crippen molar-refractivity contribution < 1.29 is 38.1 Å². The van der Waals surface area contributed by atoms with Gasteiger partial charge in [-0.25, -0.2) is 19.2 Å². The van der Waals surface area contributed by atoms with E-state index in [0.717, 1.165) is 0 Å². The van der Waals surface area contributed by atoms with Gasteiger partial charge in [0, 0.05) is 17.9 Å². The molecular formula is C18H14Br4O8. The molecule has 0 saturated carbocycles. The number of esters is 4. The van der Waals surface area contributed by atoms with E-state index in [1.165, 1.54) is 12.2 Å². The van der Waals surface area contributed by atoms with E-state index in [0.29, 0.717) is 0 Å². The number of carbonyl (C=O) groups excluding carboxylic acids is 4. The minimum atomic E-state index is -0.862. The molecule has 0 aliphatic heterocycles. The third-order valence-corrected chi connectivity index (χ3v) is 7.27. The van der Waals surface area contributed by atoms with Gasteiger partial charge in [0.1, 0.15) is 13.2 Å². The number of halogens is 4. The summed E-state index contributed by atoms with van der Waals surface area (Å²) in [6.45, 7) is 5.54. The van der Waals surface area contributed by atoms with E-state index in [2.05, 4.69) is 76.9 Å². The van der Waals surface area contributed by atoms with E-state index in [9.17, 15) is 19.2 Å². The molecule has 0 saturated heterocycles. The largest absolute Gasteiger partial charge is 0.459 e. The summed E-state index contributed by atoms with van der Waals surface area (Å²) in [5.41, 5.74) is -0.0144. The van der Waals surface area contributed by atoms with E-state index in [4.69, 9.17) is 18.9 Å². The van der Waals surface area contributed by atoms with Gasteiger partial charge in [-0.3, -0.25) is 0 Å². The summed E-state index contributed by atoms with van der Waals surface area (Å²) in [5, 5.41) is 0. The zero-order valence-electron chi connectivity index (χ0n) is 15.2. The van der Waals surface area contributed by atoms with Crippen LogP contribution in [-0.4, -0.2) is 50.3 Å². The molecule has 0 amide bonds. The highest BCUT2D eigenvalue weighted by Gasteiger charge is 2.29. The SMILES string of the molecule is C=CCOC(=O)COC(=O)c1c(Br)c(Br)c(C(=O)OCC(=O)OCC=C)c(Br)c1Br. The molecule has 0 aliphatic rings. The van der Waals surface area contributed by atoms with Crippen molar-refractivity contribution in [2.24, 2.45) is 0 Å². The fourth-order valence-corrected chi connectivity index (χ4v) is 4.54. The Morgan fingerprint density at radius 3 is 1.20 bits per heavy atom. The van der Waals surface area contributed by atoms with Gasteiger partial charge in [0.05, 0.1) is 11.1 Å². The lowest BCUT2D eigenvalue weighted by Gasteiger charge is -2.15. The van der Waals surface area contributed by atoms with Gasteiger partial charge in [0.15, 0.2) is 13.2 Å². The molecule has 162 valence electrons. The van der Waals surface area contributed by atoms with Crippen LogP contribution in [-0.2, 0) is 28.5 Å². The maximum Gasteiger partial charge on any atom is 0.344 e. The molecule has 1 aromatic carbocycles. The van der Waals surface area contributed by atoms with Crippen LogP contribution >= 0.6 is 63.7 Å². The maximum absolute atomic E-state index is 12.4. The van der Waals surface area contributed by atoms with Crippen molar-refractivity contribution in [2.45, 2.75) is 0 Å². The minimum absolute atomic E-state index is 0.00721. The standard InChI is InChI=1S/C18H14Br4O8/c1-3-5-27-9(23)7-29-17(25)11-13(19)15(21)12(16(22)14(11)20)18(26)30-8-10(24)28-6-4-2/h3-4H,1-2,5-8H2. The second-order valence-electron chi connectivity index (χ2n) is 5.10. The Balaban J connectivity index is 3.02. The Hall–Kier alpha value is -1.50. The highest BCUT2D eigenvalue weighted by atomic mass is 79.9. The first-order valence-corrected chi connectivity index (χ1v) is 11.1. The molecule has 0 fully saturated rings. The van der Waals surface area contributed by atoms with Gasteiger partial charge in [0.2, 0.25) is 0 Å². The molecule has 0 aliphatic carbocycles. The molecule has 0 bridgehead atoms. The molecule has 0 N–H and O–H groups in total. The minimum Gasteiger partial charge on any atom is -0.459 e. The summed E-state index contributed by atoms with van der Waals surface area (Å²) in [7, 11) is 0. The molecule has 1 rings (SSSR count). The number of carbonyl (C=O) groups is 4. The molecule has 0 aromatic heterocycles. The number of hydrogen-bond acceptors (Lipinski definition) is 8. The van der Waals surface area contributed by atoms with Crippen molar-refractivity contribution in [3.63, 3.8) is 0 Å². The van der Waals surface area contributed by atoms with Crippen molar-refractivity contribution in [3.05, 3.63) is 54.3 Å². The van der Waals surface area contributed by atoms with E-state index < -0.39 is 37.1 Å². The second-order valence-corrected chi connectivity index (χ2v) is 8.27. The Morgan fingerprint density at radius 1 is 0.633 bits per heavy atom. The number of rotatable bonds is 10. The van der Waals surface area contributed by atoms with E-state index >= 15 is 0 Å². The summed E-state index contributed by atoms with van der Waals surface area (Å²) in [5.74, 6) is -3.23. The first-order chi connectivity index (χ1) is 14.1. The predicted octanol–water partition coefficient (Wildman–Crippen LogP) is 4.51. The van der Waals surface area contributed by atoms with Gasteiger partial charge in [-0.2, -0.15) is 0 Å². The fraction of sp³-hybridized carbons (Fsp3) is 0.222. The first-order valence-electron chi connectivity index (χ1n) is 7.88. The third-order valence-electron chi connectivity index (χ3n) is 3.04. The Kier molecular flexibility index (Phi) is 11.5. The van der Waals surface area contributed by atoms with Gasteiger partial charge < -0.3 is 18.9 Å². The average Bonchev–Trinajstić information content (AvgIpc) is 2.72.